The van der Waals surface area contributed by atoms with Crippen molar-refractivity contribution in [2.75, 3.05) is 19.6 Å². The highest BCUT2D eigenvalue weighted by atomic mass is 127. The Morgan fingerprint density at radius 1 is 1.40 bits per heavy atom. The van der Waals surface area contributed by atoms with Crippen LogP contribution in [0.2, 0.25) is 0 Å². The summed E-state index contributed by atoms with van der Waals surface area (Å²) in [6.45, 7) is 4.92. The SMILES string of the molecule is CC1CCCN(C(N)=NCCc2ccc(F)cc2)C1.I. The summed E-state index contributed by atoms with van der Waals surface area (Å²) in [5.74, 6) is 1.14. The minimum absolute atomic E-state index is 0. The summed E-state index contributed by atoms with van der Waals surface area (Å²) in [6.07, 6.45) is 3.26. The second-order valence-corrected chi connectivity index (χ2v) is 5.31. The number of hydrogen-bond acceptors (Lipinski definition) is 1. The van der Waals surface area contributed by atoms with Crippen molar-refractivity contribution < 1.29 is 4.39 Å². The number of rotatable bonds is 3. The lowest BCUT2D eigenvalue weighted by Crippen LogP contribution is -2.43. The number of hydrogen-bond donors (Lipinski definition) is 1. The fraction of sp³-hybridized carbons (Fsp3) is 0.533. The molecule has 1 aliphatic rings. The van der Waals surface area contributed by atoms with Gasteiger partial charge in [0, 0.05) is 19.6 Å². The fourth-order valence-corrected chi connectivity index (χ4v) is 2.45. The van der Waals surface area contributed by atoms with E-state index < -0.39 is 0 Å². The van der Waals surface area contributed by atoms with Gasteiger partial charge in [0.05, 0.1) is 0 Å². The van der Waals surface area contributed by atoms with Crippen LogP contribution in [0.3, 0.4) is 0 Å². The van der Waals surface area contributed by atoms with E-state index in [1.54, 1.807) is 12.1 Å². The van der Waals surface area contributed by atoms with Crippen molar-refractivity contribution in [3.05, 3.63) is 35.6 Å². The standard InChI is InChI=1S/C15H22FN3.HI/c1-12-3-2-10-19(11-12)15(17)18-9-8-13-4-6-14(16)7-5-13;/h4-7,12H,2-3,8-11H2,1H3,(H2,17,18);1H. The van der Waals surface area contributed by atoms with Gasteiger partial charge in [-0.05, 0) is 42.9 Å². The van der Waals surface area contributed by atoms with Crippen LogP contribution in [0.5, 0.6) is 0 Å². The van der Waals surface area contributed by atoms with Gasteiger partial charge in [-0.15, -0.1) is 24.0 Å². The third-order valence-corrected chi connectivity index (χ3v) is 3.57. The Morgan fingerprint density at radius 3 is 2.75 bits per heavy atom. The highest BCUT2D eigenvalue weighted by Crippen LogP contribution is 2.14. The van der Waals surface area contributed by atoms with Gasteiger partial charge in [-0.2, -0.15) is 0 Å². The molecule has 1 aromatic rings. The topological polar surface area (TPSA) is 41.6 Å². The summed E-state index contributed by atoms with van der Waals surface area (Å²) >= 11 is 0. The summed E-state index contributed by atoms with van der Waals surface area (Å²) in [6, 6.07) is 6.55. The summed E-state index contributed by atoms with van der Waals surface area (Å²) in [5, 5.41) is 0. The molecule has 5 heteroatoms. The Hall–Kier alpha value is -0.850. The molecule has 1 saturated heterocycles. The second kappa shape index (κ2) is 8.44. The van der Waals surface area contributed by atoms with E-state index in [0.29, 0.717) is 18.4 Å². The van der Waals surface area contributed by atoms with Gasteiger partial charge in [-0.1, -0.05) is 19.1 Å². The number of nitrogens with two attached hydrogens (primary N) is 1. The lowest BCUT2D eigenvalue weighted by Gasteiger charge is -2.31. The Balaban J connectivity index is 0.00000200. The largest absolute Gasteiger partial charge is 0.370 e. The first-order valence-electron chi connectivity index (χ1n) is 6.94. The van der Waals surface area contributed by atoms with Gasteiger partial charge in [0.2, 0.25) is 0 Å². The highest BCUT2D eigenvalue weighted by molar-refractivity contribution is 14.0. The van der Waals surface area contributed by atoms with E-state index in [-0.39, 0.29) is 29.8 Å². The van der Waals surface area contributed by atoms with Gasteiger partial charge in [0.15, 0.2) is 5.96 Å². The van der Waals surface area contributed by atoms with Gasteiger partial charge in [0.1, 0.15) is 5.82 Å². The number of guanidine groups is 1. The van der Waals surface area contributed by atoms with Crippen LogP contribution in [-0.4, -0.2) is 30.5 Å². The van der Waals surface area contributed by atoms with Crippen molar-refractivity contribution in [3.8, 4) is 0 Å². The van der Waals surface area contributed by atoms with Crippen LogP contribution in [0.15, 0.2) is 29.3 Å². The van der Waals surface area contributed by atoms with E-state index in [9.17, 15) is 4.39 Å². The monoisotopic (exact) mass is 391 g/mol. The molecule has 112 valence electrons. The van der Waals surface area contributed by atoms with Crippen molar-refractivity contribution >= 4 is 29.9 Å². The van der Waals surface area contributed by atoms with Crippen molar-refractivity contribution in [1.29, 1.82) is 0 Å². The van der Waals surface area contributed by atoms with Crippen molar-refractivity contribution in [3.63, 3.8) is 0 Å². The number of likely N-dealkylation sites (tertiary alicyclic amines) is 1. The Morgan fingerprint density at radius 2 is 2.10 bits per heavy atom. The quantitative estimate of drug-likeness (QED) is 0.489. The Kier molecular flexibility index (Phi) is 7.26. The summed E-state index contributed by atoms with van der Waals surface area (Å²) in [4.78, 5) is 6.59. The van der Waals surface area contributed by atoms with Crippen LogP contribution in [0.1, 0.15) is 25.3 Å². The molecule has 0 amide bonds. The van der Waals surface area contributed by atoms with E-state index >= 15 is 0 Å². The predicted octanol–water partition coefficient (Wildman–Crippen LogP) is 3.03. The zero-order valence-electron chi connectivity index (χ0n) is 11.9. The van der Waals surface area contributed by atoms with Gasteiger partial charge in [-0.25, -0.2) is 4.39 Å². The summed E-state index contributed by atoms with van der Waals surface area (Å²) in [7, 11) is 0. The molecule has 0 bridgehead atoms. The molecule has 1 unspecified atom stereocenters. The minimum atomic E-state index is -0.200. The molecule has 0 spiro atoms. The highest BCUT2D eigenvalue weighted by Gasteiger charge is 2.17. The van der Waals surface area contributed by atoms with E-state index in [0.717, 1.165) is 25.1 Å². The van der Waals surface area contributed by atoms with Crippen LogP contribution in [0, 0.1) is 11.7 Å². The molecule has 1 aromatic carbocycles. The van der Waals surface area contributed by atoms with Gasteiger partial charge < -0.3 is 10.6 Å². The zero-order valence-corrected chi connectivity index (χ0v) is 14.2. The third-order valence-electron chi connectivity index (χ3n) is 3.57. The first-order valence-corrected chi connectivity index (χ1v) is 6.94. The molecule has 1 aliphatic heterocycles. The van der Waals surface area contributed by atoms with Crippen LogP contribution < -0.4 is 5.73 Å². The van der Waals surface area contributed by atoms with Gasteiger partial charge in [-0.3, -0.25) is 4.99 Å². The summed E-state index contributed by atoms with van der Waals surface area (Å²) < 4.78 is 12.8. The van der Waals surface area contributed by atoms with E-state index in [1.165, 1.54) is 25.0 Å². The average molecular weight is 391 g/mol. The number of halogens is 2. The lowest BCUT2D eigenvalue weighted by molar-refractivity contribution is 0.270. The van der Waals surface area contributed by atoms with E-state index in [2.05, 4.69) is 16.8 Å². The van der Waals surface area contributed by atoms with E-state index in [1.807, 2.05) is 0 Å². The van der Waals surface area contributed by atoms with Crippen LogP contribution in [-0.2, 0) is 6.42 Å². The minimum Gasteiger partial charge on any atom is -0.370 e. The number of benzene rings is 1. The predicted molar refractivity (Wildman–Crippen MR) is 92.0 cm³/mol. The molecule has 1 fully saturated rings. The molecule has 2 N–H and O–H groups in total. The lowest BCUT2D eigenvalue weighted by atomic mass is 10.0. The first-order chi connectivity index (χ1) is 9.15. The van der Waals surface area contributed by atoms with Gasteiger partial charge in [0.25, 0.3) is 0 Å². The van der Waals surface area contributed by atoms with Crippen LogP contribution >= 0.6 is 24.0 Å². The maximum Gasteiger partial charge on any atom is 0.191 e. The van der Waals surface area contributed by atoms with Crippen molar-refractivity contribution in [2.24, 2.45) is 16.6 Å². The fourth-order valence-electron chi connectivity index (χ4n) is 2.45. The number of piperidine rings is 1. The molecule has 1 atom stereocenters. The normalized spacial score (nSPS) is 19.6. The molecule has 3 nitrogen and oxygen atoms in total. The van der Waals surface area contributed by atoms with Crippen molar-refractivity contribution in [2.45, 2.75) is 26.2 Å². The van der Waals surface area contributed by atoms with Gasteiger partial charge >= 0.3 is 0 Å². The maximum atomic E-state index is 12.8. The molecule has 2 rings (SSSR count). The number of nitrogens with zero attached hydrogens (tertiary/aromatic N) is 2. The smallest absolute Gasteiger partial charge is 0.191 e. The molecule has 0 saturated carbocycles. The maximum absolute atomic E-state index is 12.8. The Labute approximate surface area is 137 Å². The number of aliphatic imine (C=N–C) groups is 1. The molecule has 1 heterocycles. The van der Waals surface area contributed by atoms with Crippen LogP contribution in [0.4, 0.5) is 4.39 Å². The molecule has 20 heavy (non-hydrogen) atoms. The zero-order chi connectivity index (χ0) is 13.7. The van der Waals surface area contributed by atoms with E-state index in [4.69, 9.17) is 5.73 Å². The van der Waals surface area contributed by atoms with Crippen molar-refractivity contribution in [1.82, 2.24) is 4.90 Å². The average Bonchev–Trinajstić information content (AvgIpc) is 2.41. The molecule has 0 aromatic heterocycles. The second-order valence-electron chi connectivity index (χ2n) is 5.31. The summed E-state index contributed by atoms with van der Waals surface area (Å²) in [5.41, 5.74) is 7.10. The Bertz CT molecular complexity index is 433. The molecule has 0 radical (unpaired) electrons. The molecular weight excluding hydrogens is 368 g/mol. The molecule has 0 aliphatic carbocycles. The van der Waals surface area contributed by atoms with Crippen LogP contribution in [0.25, 0.3) is 0 Å². The first kappa shape index (κ1) is 17.2. The molecular formula is C15H23FIN3. The third kappa shape index (κ3) is 5.26.